The highest BCUT2D eigenvalue weighted by atomic mass is 16.6. The summed E-state index contributed by atoms with van der Waals surface area (Å²) in [6, 6.07) is 15.4. The second kappa shape index (κ2) is 14.3. The summed E-state index contributed by atoms with van der Waals surface area (Å²) in [4.78, 5) is 21.1. The minimum absolute atomic E-state index is 0.147. The number of ether oxygens (including phenoxy) is 4. The zero-order valence-corrected chi connectivity index (χ0v) is 24.0. The van der Waals surface area contributed by atoms with E-state index in [2.05, 4.69) is 12.4 Å². The largest absolute Gasteiger partial charge is 0.493 e. The van der Waals surface area contributed by atoms with Crippen LogP contribution in [0.4, 0.5) is 17.1 Å². The Labute approximate surface area is 239 Å². The summed E-state index contributed by atoms with van der Waals surface area (Å²) >= 11 is 0. The molecule has 41 heavy (non-hydrogen) atoms. The molecule has 1 radical (unpaired) electrons. The zero-order valence-electron chi connectivity index (χ0n) is 24.0. The average Bonchev–Trinajstić information content (AvgIpc) is 2.98. The lowest BCUT2D eigenvalue weighted by Crippen LogP contribution is -2.48. The molecule has 219 valence electrons. The number of hydrogen-bond donors (Lipinski definition) is 0. The van der Waals surface area contributed by atoms with Gasteiger partial charge in [-0.1, -0.05) is 6.07 Å². The van der Waals surface area contributed by atoms with Gasteiger partial charge in [-0.25, -0.2) is 5.32 Å². The summed E-state index contributed by atoms with van der Waals surface area (Å²) in [5.41, 5.74) is 1.92. The van der Waals surface area contributed by atoms with Gasteiger partial charge in [0.2, 0.25) is 0 Å². The molecule has 0 bridgehead atoms. The molecule has 0 spiro atoms. The van der Waals surface area contributed by atoms with Crippen molar-refractivity contribution in [1.29, 1.82) is 0 Å². The van der Waals surface area contributed by atoms with Crippen molar-refractivity contribution in [2.45, 2.75) is 19.4 Å². The van der Waals surface area contributed by atoms with Gasteiger partial charge in [0, 0.05) is 50.2 Å². The lowest BCUT2D eigenvalue weighted by atomic mass is 10.1. The van der Waals surface area contributed by atoms with Crippen molar-refractivity contribution in [1.82, 2.24) is 9.80 Å². The van der Waals surface area contributed by atoms with E-state index in [-0.39, 0.29) is 17.9 Å². The minimum Gasteiger partial charge on any atom is -0.493 e. The molecule has 0 saturated carbocycles. The first-order valence-corrected chi connectivity index (χ1v) is 13.0. The van der Waals surface area contributed by atoms with Crippen LogP contribution in [0.25, 0.3) is 0 Å². The molecule has 3 rings (SSSR count). The van der Waals surface area contributed by atoms with E-state index in [1.165, 1.54) is 12.1 Å². The molecular weight excluding hydrogens is 532 g/mol. The molecule has 0 saturated heterocycles. The molecule has 0 aliphatic rings. The lowest BCUT2D eigenvalue weighted by molar-refractivity contribution is -0.394. The maximum absolute atomic E-state index is 11.2. The summed E-state index contributed by atoms with van der Waals surface area (Å²) in [6.07, 6.45) is 1.48. The van der Waals surface area contributed by atoms with Crippen LogP contribution >= 0.6 is 0 Å². The molecule has 3 aromatic rings. The molecule has 12 heteroatoms. The van der Waals surface area contributed by atoms with Crippen LogP contribution in [0.2, 0.25) is 0 Å². The Morgan fingerprint density at radius 2 is 1.27 bits per heavy atom. The van der Waals surface area contributed by atoms with Gasteiger partial charge in [0.05, 0.1) is 64.5 Å². The van der Waals surface area contributed by atoms with Crippen molar-refractivity contribution in [2.75, 3.05) is 55.1 Å². The fourth-order valence-electron chi connectivity index (χ4n) is 4.64. The van der Waals surface area contributed by atoms with Crippen LogP contribution < -0.4 is 28.7 Å². The van der Waals surface area contributed by atoms with Gasteiger partial charge in [-0.15, -0.1) is 0 Å². The summed E-state index contributed by atoms with van der Waals surface area (Å²) in [6.45, 7) is 2.13. The van der Waals surface area contributed by atoms with E-state index < -0.39 is 9.85 Å². The molecule has 0 amide bonds. The third-order valence-electron chi connectivity index (χ3n) is 6.98. The molecule has 0 aliphatic carbocycles. The van der Waals surface area contributed by atoms with Gasteiger partial charge in [-0.05, 0) is 29.3 Å². The van der Waals surface area contributed by atoms with Crippen molar-refractivity contribution >= 4 is 17.1 Å². The molecule has 0 heterocycles. The lowest BCUT2D eigenvalue weighted by Gasteiger charge is -2.35. The number of nitrogens with zero attached hydrogens (tertiary/aromatic N) is 4. The molecule has 0 fully saturated rings. The van der Waals surface area contributed by atoms with E-state index in [1.54, 1.807) is 28.4 Å². The van der Waals surface area contributed by atoms with Crippen LogP contribution in [0, 0.1) is 20.2 Å². The van der Waals surface area contributed by atoms with Gasteiger partial charge >= 0.3 is 0 Å². The first-order chi connectivity index (χ1) is 19.6. The summed E-state index contributed by atoms with van der Waals surface area (Å²) in [7, 11) is 8.56. The van der Waals surface area contributed by atoms with Crippen LogP contribution in [0.3, 0.4) is 0 Å². The van der Waals surface area contributed by atoms with E-state index in [0.717, 1.165) is 36.8 Å². The van der Waals surface area contributed by atoms with Crippen molar-refractivity contribution in [3.05, 3.63) is 86.0 Å². The number of benzene rings is 3. The van der Waals surface area contributed by atoms with Gasteiger partial charge in [0.1, 0.15) is 5.69 Å². The van der Waals surface area contributed by atoms with Gasteiger partial charge < -0.3 is 18.9 Å². The number of rotatable bonds is 16. The number of likely N-dealkylation sites (N-methyl/N-ethyl adjacent to an activating group) is 1. The molecule has 3 aromatic carbocycles. The summed E-state index contributed by atoms with van der Waals surface area (Å²) in [5, 5.41) is 26.9. The number of methoxy groups -OCH3 is 4. The maximum Gasteiger partial charge on any atom is 0.276 e. The quantitative estimate of drug-likeness (QED) is 0.103. The Morgan fingerprint density at radius 1 is 0.707 bits per heavy atom. The van der Waals surface area contributed by atoms with E-state index in [1.807, 2.05) is 36.4 Å². The van der Waals surface area contributed by atoms with Crippen molar-refractivity contribution in [3.8, 4) is 23.0 Å². The maximum atomic E-state index is 11.2. The molecule has 12 nitrogen and oxygen atoms in total. The molecule has 0 aliphatic heterocycles. The van der Waals surface area contributed by atoms with Crippen LogP contribution in [0.15, 0.2) is 54.6 Å². The van der Waals surface area contributed by atoms with Crippen LogP contribution in [-0.4, -0.2) is 65.0 Å². The van der Waals surface area contributed by atoms with E-state index >= 15 is 0 Å². The standard InChI is InChI=1S/C29H36N4O8/c1-33(25-8-10-27(39-3)29(19-25)41-5,14-11-21-7-9-26(38-2)28(17-21)40-4)13-6-12-30-20-22-15-23(31(34)35)18-24(16-22)32(36)37/h7-10,15-19H,6,11-14,20H2,1-5H3/q+1. The van der Waals surface area contributed by atoms with Crippen LogP contribution in [0.5, 0.6) is 23.0 Å². The van der Waals surface area contributed by atoms with Crippen LogP contribution in [0.1, 0.15) is 17.5 Å². The smallest absolute Gasteiger partial charge is 0.276 e. The number of nitro groups is 2. The zero-order chi connectivity index (χ0) is 30.0. The molecule has 0 aromatic heterocycles. The number of hydrogen-bond acceptors (Lipinski definition) is 8. The second-order valence-corrected chi connectivity index (χ2v) is 9.65. The Kier molecular flexibility index (Phi) is 10.8. The van der Waals surface area contributed by atoms with E-state index in [0.29, 0.717) is 46.0 Å². The highest BCUT2D eigenvalue weighted by Gasteiger charge is 2.27. The Morgan fingerprint density at radius 3 is 1.83 bits per heavy atom. The van der Waals surface area contributed by atoms with Gasteiger partial charge in [0.25, 0.3) is 11.4 Å². The minimum atomic E-state index is -0.638. The van der Waals surface area contributed by atoms with Gasteiger partial charge in [-0.3, -0.25) is 24.7 Å². The van der Waals surface area contributed by atoms with Crippen molar-refractivity contribution < 1.29 is 28.8 Å². The van der Waals surface area contributed by atoms with Crippen LogP contribution in [-0.2, 0) is 13.0 Å². The third-order valence-corrected chi connectivity index (χ3v) is 6.98. The number of non-ortho nitro benzene ring substituents is 2. The Hall–Kier alpha value is -4.42. The van der Waals surface area contributed by atoms with E-state index in [4.69, 9.17) is 18.9 Å². The first-order valence-electron chi connectivity index (χ1n) is 13.0. The first kappa shape index (κ1) is 31.1. The summed E-state index contributed by atoms with van der Waals surface area (Å²) in [5.74, 6) is 2.62. The van der Waals surface area contributed by atoms with Gasteiger partial charge in [0.15, 0.2) is 23.0 Å². The SMILES string of the molecule is COc1ccc(CC[N+](C)(CCC[N]Cc2cc([N+](=O)[O-])cc([N+](=O)[O-])c2)c2ccc(OC)c(OC)c2)cc1OC. The predicted octanol–water partition coefficient (Wildman–Crippen LogP) is 4.91. The fourth-order valence-corrected chi connectivity index (χ4v) is 4.64. The molecule has 0 N–H and O–H groups in total. The van der Waals surface area contributed by atoms with E-state index in [9.17, 15) is 20.2 Å². The highest BCUT2D eigenvalue weighted by Crippen LogP contribution is 2.35. The van der Waals surface area contributed by atoms with Gasteiger partial charge in [-0.2, -0.15) is 0 Å². The molecule has 1 atom stereocenters. The topological polar surface area (TPSA) is 137 Å². The Bertz CT molecular complexity index is 1330. The fraction of sp³-hybridized carbons (Fsp3) is 0.379. The average molecular weight is 569 g/mol. The molecule has 1 unspecified atom stereocenters. The normalized spacial score (nSPS) is 12.3. The van der Waals surface area contributed by atoms with Crippen molar-refractivity contribution in [2.24, 2.45) is 0 Å². The molecular formula is C29H36N4O8+. The summed E-state index contributed by atoms with van der Waals surface area (Å²) < 4.78 is 22.4. The third kappa shape index (κ3) is 8.05. The second-order valence-electron chi connectivity index (χ2n) is 9.65. The Balaban J connectivity index is 1.74. The monoisotopic (exact) mass is 568 g/mol. The number of nitro benzene ring substituents is 2. The predicted molar refractivity (Wildman–Crippen MR) is 155 cm³/mol. The number of quaternary nitrogens is 1. The highest BCUT2D eigenvalue weighted by molar-refractivity contribution is 5.54. The van der Waals surface area contributed by atoms with Crippen molar-refractivity contribution in [3.63, 3.8) is 0 Å².